The largest absolute Gasteiger partial charge is 0.496 e. The van der Waals surface area contributed by atoms with E-state index in [0.29, 0.717) is 30.4 Å². The van der Waals surface area contributed by atoms with Crippen molar-refractivity contribution in [2.75, 3.05) is 12.8 Å². The normalized spacial score (nSPS) is 11.1. The molecule has 9 heteroatoms. The molecule has 0 bridgehead atoms. The number of methoxy groups -OCH3 is 1. The number of benzene rings is 2. The molecule has 3 N–H and O–H groups in total. The van der Waals surface area contributed by atoms with Crippen molar-refractivity contribution in [1.29, 1.82) is 0 Å². The summed E-state index contributed by atoms with van der Waals surface area (Å²) in [5.74, 6) is 1.60. The first-order chi connectivity index (χ1) is 17.9. The maximum atomic E-state index is 12.9. The van der Waals surface area contributed by atoms with Crippen LogP contribution in [-0.4, -0.2) is 37.3 Å². The zero-order chi connectivity index (χ0) is 25.9. The molecule has 0 fully saturated rings. The van der Waals surface area contributed by atoms with Gasteiger partial charge in [0.2, 0.25) is 0 Å². The van der Waals surface area contributed by atoms with Gasteiger partial charge in [-0.3, -0.25) is 9.48 Å². The Morgan fingerprint density at radius 3 is 2.51 bits per heavy atom. The van der Waals surface area contributed by atoms with Crippen molar-refractivity contribution < 1.29 is 9.53 Å². The molecule has 5 rings (SSSR count). The number of nitrogens with one attached hydrogen (secondary N) is 1. The fourth-order valence-electron chi connectivity index (χ4n) is 4.33. The molecular formula is C28H29N7O2. The number of hydrogen-bond donors (Lipinski definition) is 2. The number of nitrogens with zero attached hydrogens (tertiary/aromatic N) is 5. The van der Waals surface area contributed by atoms with Crippen LogP contribution < -0.4 is 15.8 Å². The van der Waals surface area contributed by atoms with Crippen molar-refractivity contribution in [3.63, 3.8) is 0 Å². The van der Waals surface area contributed by atoms with Crippen LogP contribution in [0, 0.1) is 13.8 Å². The van der Waals surface area contributed by atoms with E-state index in [1.165, 1.54) is 5.56 Å². The maximum absolute atomic E-state index is 12.9. The van der Waals surface area contributed by atoms with E-state index in [1.54, 1.807) is 19.5 Å². The molecule has 3 heterocycles. The highest BCUT2D eigenvalue weighted by Crippen LogP contribution is 2.28. The van der Waals surface area contributed by atoms with Crippen LogP contribution in [-0.2, 0) is 19.6 Å². The number of ether oxygens (including phenoxy) is 1. The van der Waals surface area contributed by atoms with E-state index >= 15 is 0 Å². The molecule has 0 spiro atoms. The molecular weight excluding hydrogens is 466 g/mol. The number of carbonyl (C=O) groups is 1. The van der Waals surface area contributed by atoms with Gasteiger partial charge in [-0.2, -0.15) is 5.10 Å². The van der Waals surface area contributed by atoms with Crippen molar-refractivity contribution in [3.8, 4) is 5.75 Å². The number of aryl methyl sites for hydroxylation is 2. The van der Waals surface area contributed by atoms with E-state index in [4.69, 9.17) is 10.5 Å². The molecule has 2 aromatic carbocycles. The molecule has 3 aromatic heterocycles. The molecule has 1 amide bonds. The van der Waals surface area contributed by atoms with Gasteiger partial charge in [-0.15, -0.1) is 0 Å². The molecule has 188 valence electrons. The molecule has 0 atom stereocenters. The molecule has 9 nitrogen and oxygen atoms in total. The number of nitrogen functional groups attached to an aromatic ring is 1. The number of hydrogen-bond acceptors (Lipinski definition) is 6. The quantitative estimate of drug-likeness (QED) is 0.338. The molecule has 0 aliphatic carbocycles. The van der Waals surface area contributed by atoms with Crippen LogP contribution in [0.3, 0.4) is 0 Å². The summed E-state index contributed by atoms with van der Waals surface area (Å²) in [6.45, 7) is 5.58. The van der Waals surface area contributed by atoms with E-state index in [2.05, 4.69) is 44.6 Å². The number of imidazole rings is 1. The highest BCUT2D eigenvalue weighted by molar-refractivity contribution is 5.94. The van der Waals surface area contributed by atoms with Crippen LogP contribution in [0.1, 0.15) is 38.6 Å². The number of amides is 1. The summed E-state index contributed by atoms with van der Waals surface area (Å²) in [4.78, 5) is 21.5. The fourth-order valence-corrected chi connectivity index (χ4v) is 4.33. The minimum absolute atomic E-state index is 0.247. The average molecular weight is 496 g/mol. The van der Waals surface area contributed by atoms with Gasteiger partial charge in [0.1, 0.15) is 23.1 Å². The lowest BCUT2D eigenvalue weighted by atomic mass is 10.1. The Labute approximate surface area is 214 Å². The molecule has 0 aliphatic rings. The van der Waals surface area contributed by atoms with Crippen molar-refractivity contribution >= 4 is 22.5 Å². The summed E-state index contributed by atoms with van der Waals surface area (Å²) in [5.41, 5.74) is 10.7. The smallest absolute Gasteiger partial charge is 0.271 e. The molecule has 37 heavy (non-hydrogen) atoms. The second-order valence-electron chi connectivity index (χ2n) is 9.10. The molecule has 0 saturated carbocycles. The van der Waals surface area contributed by atoms with E-state index in [0.717, 1.165) is 39.8 Å². The number of carbonyl (C=O) groups excluding carboxylic acids is 1. The SMILES string of the molecule is COc1cc2c(N)nccc2cc1CNC(=O)c1cn(Cc2ccc(Cn3cc(C)cn3)cc2)c(C)n1. The highest BCUT2D eigenvalue weighted by Gasteiger charge is 2.14. The lowest BCUT2D eigenvalue weighted by molar-refractivity contribution is 0.0946. The third-order valence-electron chi connectivity index (χ3n) is 6.33. The highest BCUT2D eigenvalue weighted by atomic mass is 16.5. The van der Waals surface area contributed by atoms with Gasteiger partial charge in [-0.25, -0.2) is 9.97 Å². The van der Waals surface area contributed by atoms with Crippen molar-refractivity contribution in [2.45, 2.75) is 33.5 Å². The standard InChI is InChI=1S/C28H29N7O2/c1-18-12-32-35(14-18)16-21-6-4-20(5-7-21)15-34-17-25(33-19(34)2)28(36)31-13-23-10-22-8-9-30-27(29)24(22)11-26(23)37-3/h4-12,14,17H,13,15-16H2,1-3H3,(H2,29,30)(H,31,36). The monoisotopic (exact) mass is 495 g/mol. The van der Waals surface area contributed by atoms with Crippen LogP contribution in [0.25, 0.3) is 10.8 Å². The van der Waals surface area contributed by atoms with Crippen LogP contribution in [0.4, 0.5) is 5.82 Å². The minimum Gasteiger partial charge on any atom is -0.496 e. The molecule has 0 radical (unpaired) electrons. The number of nitrogens with two attached hydrogens (primary N) is 1. The summed E-state index contributed by atoms with van der Waals surface area (Å²) < 4.78 is 9.42. The Morgan fingerprint density at radius 1 is 1.05 bits per heavy atom. The fraction of sp³-hybridized carbons (Fsp3) is 0.214. The minimum atomic E-state index is -0.247. The first-order valence-electron chi connectivity index (χ1n) is 12.0. The van der Waals surface area contributed by atoms with Crippen LogP contribution in [0.15, 0.2) is 67.3 Å². The predicted molar refractivity (Wildman–Crippen MR) is 142 cm³/mol. The third-order valence-corrected chi connectivity index (χ3v) is 6.33. The van der Waals surface area contributed by atoms with Crippen LogP contribution in [0.5, 0.6) is 5.75 Å². The summed E-state index contributed by atoms with van der Waals surface area (Å²) >= 11 is 0. The van der Waals surface area contributed by atoms with E-state index in [9.17, 15) is 4.79 Å². The number of aromatic nitrogens is 5. The average Bonchev–Trinajstić information content (AvgIpc) is 3.48. The van der Waals surface area contributed by atoms with Crippen LogP contribution in [0.2, 0.25) is 0 Å². The summed E-state index contributed by atoms with van der Waals surface area (Å²) in [6, 6.07) is 14.1. The van der Waals surface area contributed by atoms with Gasteiger partial charge < -0.3 is 20.4 Å². The van der Waals surface area contributed by atoms with E-state index < -0.39 is 0 Å². The Hall–Kier alpha value is -4.66. The van der Waals surface area contributed by atoms with Crippen molar-refractivity contribution in [3.05, 3.63) is 101 Å². The molecule has 0 unspecified atom stereocenters. The Morgan fingerprint density at radius 2 is 1.81 bits per heavy atom. The van der Waals surface area contributed by atoms with Gasteiger partial charge in [0.05, 0.1) is 19.9 Å². The maximum Gasteiger partial charge on any atom is 0.271 e. The lowest BCUT2D eigenvalue weighted by Gasteiger charge is -2.12. The second-order valence-corrected chi connectivity index (χ2v) is 9.10. The molecule has 0 saturated heterocycles. The molecule has 0 aliphatic heterocycles. The Kier molecular flexibility index (Phi) is 6.59. The van der Waals surface area contributed by atoms with Crippen molar-refractivity contribution in [1.82, 2.24) is 29.6 Å². The second kappa shape index (κ2) is 10.1. The first-order valence-corrected chi connectivity index (χ1v) is 12.0. The van der Waals surface area contributed by atoms with Gasteiger partial charge in [0, 0.05) is 42.6 Å². The Balaban J connectivity index is 1.24. The van der Waals surface area contributed by atoms with Crippen LogP contribution >= 0.6 is 0 Å². The number of pyridine rings is 1. The molecule has 5 aromatic rings. The zero-order valence-electron chi connectivity index (χ0n) is 21.1. The van der Waals surface area contributed by atoms with E-state index in [1.807, 2.05) is 53.7 Å². The number of anilines is 1. The van der Waals surface area contributed by atoms with Gasteiger partial charge >= 0.3 is 0 Å². The van der Waals surface area contributed by atoms with Gasteiger partial charge in [-0.05, 0) is 54.1 Å². The van der Waals surface area contributed by atoms with E-state index in [-0.39, 0.29) is 5.91 Å². The van der Waals surface area contributed by atoms with Crippen molar-refractivity contribution in [2.24, 2.45) is 0 Å². The van der Waals surface area contributed by atoms with Gasteiger partial charge in [0.15, 0.2) is 0 Å². The zero-order valence-corrected chi connectivity index (χ0v) is 21.1. The predicted octanol–water partition coefficient (Wildman–Crippen LogP) is 3.86. The number of rotatable bonds is 8. The summed E-state index contributed by atoms with van der Waals surface area (Å²) in [5, 5.41) is 9.05. The first kappa shape index (κ1) is 24.1. The van der Waals surface area contributed by atoms with Gasteiger partial charge in [0.25, 0.3) is 5.91 Å². The third kappa shape index (κ3) is 5.30. The summed E-state index contributed by atoms with van der Waals surface area (Å²) in [6.07, 6.45) is 7.33. The van der Waals surface area contributed by atoms with Gasteiger partial charge in [-0.1, -0.05) is 24.3 Å². The summed E-state index contributed by atoms with van der Waals surface area (Å²) in [7, 11) is 1.59. The Bertz CT molecular complexity index is 1570. The topological polar surface area (TPSA) is 113 Å². The number of fused-ring (bicyclic) bond motifs is 1. The lowest BCUT2D eigenvalue weighted by Crippen LogP contribution is -2.23.